The minimum atomic E-state index is -3.20. The molecule has 2 aliphatic rings. The minimum Gasteiger partial charge on any atom is -0.619 e. The predicted octanol–water partition coefficient (Wildman–Crippen LogP) is 6.62. The fraction of sp³-hybridized carbons (Fsp3) is 0.472. The first-order valence-electron chi connectivity index (χ1n) is 16.9. The van der Waals surface area contributed by atoms with Gasteiger partial charge in [-0.1, -0.05) is 35.3 Å². The topological polar surface area (TPSA) is 145 Å². The Morgan fingerprint density at radius 2 is 1.57 bits per heavy atom. The highest BCUT2D eigenvalue weighted by molar-refractivity contribution is 7.69. The second kappa shape index (κ2) is 17.5. The molecule has 53 heavy (non-hydrogen) atoms. The summed E-state index contributed by atoms with van der Waals surface area (Å²) in [6.45, 7) is 1.72. The van der Waals surface area contributed by atoms with Crippen LogP contribution < -0.4 is 18.9 Å². The lowest BCUT2D eigenvalue weighted by atomic mass is 10.0. The van der Waals surface area contributed by atoms with Gasteiger partial charge in [0.25, 0.3) is 0 Å². The number of thiol groups is 1. The minimum absolute atomic E-state index is 0.00386. The maximum absolute atomic E-state index is 13.9. The average molecular weight is 802 g/mol. The van der Waals surface area contributed by atoms with Crippen molar-refractivity contribution < 1.29 is 55.2 Å². The van der Waals surface area contributed by atoms with Crippen molar-refractivity contribution in [3.8, 4) is 17.2 Å². The molecule has 288 valence electrons. The van der Waals surface area contributed by atoms with Crippen LogP contribution in [0.1, 0.15) is 79.6 Å². The van der Waals surface area contributed by atoms with Crippen LogP contribution in [-0.4, -0.2) is 56.6 Å². The van der Waals surface area contributed by atoms with E-state index in [1.54, 1.807) is 20.8 Å². The van der Waals surface area contributed by atoms with Crippen molar-refractivity contribution >= 4 is 46.0 Å². The first-order chi connectivity index (χ1) is 25.0. The molecule has 1 atom stereocenters. The van der Waals surface area contributed by atoms with Crippen molar-refractivity contribution in [1.29, 1.82) is 0 Å². The van der Waals surface area contributed by atoms with Gasteiger partial charge in [-0.25, -0.2) is 13.2 Å². The lowest BCUT2D eigenvalue weighted by Crippen LogP contribution is -2.34. The largest absolute Gasteiger partial charge is 0.619 e. The first kappa shape index (κ1) is 40.3. The van der Waals surface area contributed by atoms with Crippen LogP contribution in [0.25, 0.3) is 0 Å². The van der Waals surface area contributed by atoms with E-state index in [9.17, 15) is 32.0 Å². The smallest absolute Gasteiger partial charge is 0.387 e. The number of rotatable bonds is 18. The number of carbonyl (C=O) groups is 2. The van der Waals surface area contributed by atoms with Gasteiger partial charge in [-0.15, -0.1) is 0 Å². The number of alkyl halides is 2. The number of halogens is 4. The second-order valence-corrected chi connectivity index (χ2v) is 15.8. The zero-order valence-corrected chi connectivity index (χ0v) is 31.6. The normalized spacial score (nSPS) is 15.1. The molecule has 0 bridgehead atoms. The molecule has 0 amide bonds. The number of esters is 2. The van der Waals surface area contributed by atoms with Crippen LogP contribution in [-0.2, 0) is 38.1 Å². The molecular weight excluding hydrogens is 761 g/mol. The van der Waals surface area contributed by atoms with Gasteiger partial charge in [0.2, 0.25) is 10.9 Å². The van der Waals surface area contributed by atoms with Crippen LogP contribution >= 0.6 is 23.2 Å². The van der Waals surface area contributed by atoms with E-state index >= 15 is 0 Å². The molecule has 2 aromatic carbocycles. The van der Waals surface area contributed by atoms with Crippen LogP contribution in [0.15, 0.2) is 48.8 Å². The molecule has 2 aliphatic carbocycles. The highest BCUT2D eigenvalue weighted by Crippen LogP contribution is 2.38. The van der Waals surface area contributed by atoms with Gasteiger partial charge in [0.05, 0.1) is 18.8 Å². The molecule has 0 spiro atoms. The zero-order chi connectivity index (χ0) is 38.4. The van der Waals surface area contributed by atoms with Crippen LogP contribution in [0, 0.1) is 17.0 Å². The molecule has 3 aromatic rings. The zero-order valence-electron chi connectivity index (χ0n) is 29.2. The summed E-state index contributed by atoms with van der Waals surface area (Å²) in [6, 6.07) is 8.52. The molecule has 0 aliphatic heterocycles. The second-order valence-electron chi connectivity index (χ2n) is 14.0. The quantitative estimate of drug-likeness (QED) is 0.0646. The summed E-state index contributed by atoms with van der Waals surface area (Å²) in [5.74, 6) is -0.941. The van der Waals surface area contributed by atoms with Gasteiger partial charge in [0.1, 0.15) is 34.0 Å². The maximum atomic E-state index is 13.9. The van der Waals surface area contributed by atoms with E-state index < -0.39 is 47.7 Å². The van der Waals surface area contributed by atoms with Gasteiger partial charge in [0.15, 0.2) is 23.9 Å². The summed E-state index contributed by atoms with van der Waals surface area (Å²) < 4.78 is 80.1. The Bertz CT molecular complexity index is 1850. The third-order valence-electron chi connectivity index (χ3n) is 8.21. The van der Waals surface area contributed by atoms with Gasteiger partial charge < -0.3 is 28.9 Å². The molecule has 0 N–H and O–H groups in total. The Morgan fingerprint density at radius 3 is 2.13 bits per heavy atom. The molecule has 0 saturated heterocycles. The van der Waals surface area contributed by atoms with Crippen molar-refractivity contribution in [3.05, 3.63) is 86.3 Å². The van der Waals surface area contributed by atoms with Crippen LogP contribution in [0.4, 0.5) is 8.78 Å². The van der Waals surface area contributed by atoms with Crippen molar-refractivity contribution in [1.82, 2.24) is 4.31 Å². The third-order valence-corrected chi connectivity index (χ3v) is 9.61. The number of hydrogen-bond donors (Lipinski definition) is 1. The van der Waals surface area contributed by atoms with Crippen LogP contribution in [0.5, 0.6) is 17.2 Å². The molecule has 12 nitrogen and oxygen atoms in total. The number of carbonyl (C=O) groups excluding carboxylic acids is 2. The van der Waals surface area contributed by atoms with E-state index in [1.807, 2.05) is 0 Å². The molecule has 17 heteroatoms. The van der Waals surface area contributed by atoms with E-state index in [1.165, 1.54) is 36.4 Å². The Kier molecular flexibility index (Phi) is 13.3. The number of hydrogen-bond acceptors (Lipinski definition) is 10. The van der Waals surface area contributed by atoms with E-state index in [4.69, 9.17) is 42.1 Å². The van der Waals surface area contributed by atoms with Crippen molar-refractivity contribution in [2.75, 3.05) is 19.8 Å². The Labute approximate surface area is 317 Å². The van der Waals surface area contributed by atoms with Gasteiger partial charge in [-0.05, 0) is 88.1 Å². The van der Waals surface area contributed by atoms with E-state index in [0.29, 0.717) is 28.4 Å². The summed E-state index contributed by atoms with van der Waals surface area (Å²) in [4.78, 5) is 26.3. The summed E-state index contributed by atoms with van der Waals surface area (Å²) in [5.41, 5.74) is 0.225. The number of benzene rings is 2. The van der Waals surface area contributed by atoms with Gasteiger partial charge >= 0.3 is 18.6 Å². The Morgan fingerprint density at radius 1 is 0.943 bits per heavy atom. The van der Waals surface area contributed by atoms with Crippen molar-refractivity contribution in [2.45, 2.75) is 77.7 Å². The molecule has 1 heterocycles. The molecule has 1 unspecified atom stereocenters. The number of ether oxygens (including phenoxy) is 5. The van der Waals surface area contributed by atoms with Crippen molar-refractivity contribution in [2.24, 2.45) is 11.8 Å². The first-order valence-corrected chi connectivity index (χ1v) is 18.8. The summed E-state index contributed by atoms with van der Waals surface area (Å²) in [7, 11) is -3.20. The van der Waals surface area contributed by atoms with Gasteiger partial charge in [0, 0.05) is 24.1 Å². The van der Waals surface area contributed by atoms with Crippen LogP contribution in [0.2, 0.25) is 10.0 Å². The van der Waals surface area contributed by atoms with E-state index in [0.717, 1.165) is 42.4 Å². The lowest BCUT2D eigenvalue weighted by molar-refractivity contribution is -0.605. The van der Waals surface area contributed by atoms with Gasteiger partial charge in [-0.3, -0.25) is 4.79 Å². The molecule has 1 aromatic heterocycles. The standard InChI is InChI=1S/C36H40Cl2F2N2O10S/c1-36(2,3)52-33(43)18-42(53(46)47)15-25-9-8-24(13-30(25)48-19-21-4-5-21)34(44)50-31(14-26-27(37)16-41(45)17-28(26)38)23-10-11-29(51-35(39)40)32(12-23)49-20-22-6-7-22/h8-13,16-17,21-22,31,35,53H,4-7,14-15,18-20H2,1-3H3. The number of pyridine rings is 1. The Hall–Kier alpha value is -3.92. The summed E-state index contributed by atoms with van der Waals surface area (Å²) in [6.07, 6.45) is 4.73. The van der Waals surface area contributed by atoms with Gasteiger partial charge in [-0.2, -0.15) is 17.8 Å². The number of nitrogens with zero attached hydrogens (tertiary/aromatic N) is 2. The Balaban J connectivity index is 1.45. The van der Waals surface area contributed by atoms with Crippen molar-refractivity contribution in [3.63, 3.8) is 0 Å². The highest BCUT2D eigenvalue weighted by atomic mass is 35.5. The monoisotopic (exact) mass is 800 g/mol. The molecule has 2 saturated carbocycles. The molecule has 2 fully saturated rings. The SMILES string of the molecule is CC(C)(C)OC(=O)CN(Cc1ccc(C(=O)OC(Cc2c(Cl)c[n+]([O-])cc2Cl)c2ccc(OC(F)F)c(OCC3CC3)c2)cc1OCC1CC1)[SH](=O)=O. The maximum Gasteiger partial charge on any atom is 0.387 e. The average Bonchev–Trinajstić information content (AvgIpc) is 3.99. The molecular formula is C36H40Cl2F2N2O10S. The molecule has 5 rings (SSSR count). The molecule has 0 radical (unpaired) electrons. The fourth-order valence-corrected chi connectivity index (χ4v) is 6.29. The fourth-order valence-electron chi connectivity index (χ4n) is 5.19. The summed E-state index contributed by atoms with van der Waals surface area (Å²) >= 11 is 12.8. The highest BCUT2D eigenvalue weighted by Gasteiger charge is 2.29. The third kappa shape index (κ3) is 12.3. The van der Waals surface area contributed by atoms with E-state index in [2.05, 4.69) is 4.74 Å². The lowest BCUT2D eigenvalue weighted by Gasteiger charge is -2.23. The number of aromatic nitrogens is 1. The van der Waals surface area contributed by atoms with Crippen LogP contribution in [0.3, 0.4) is 0 Å². The predicted molar refractivity (Wildman–Crippen MR) is 190 cm³/mol. The summed E-state index contributed by atoms with van der Waals surface area (Å²) in [5, 5.41) is 12.0. The van der Waals surface area contributed by atoms with E-state index in [-0.39, 0.29) is 63.9 Å².